The molecule has 0 heterocycles. The summed E-state index contributed by atoms with van der Waals surface area (Å²) in [6.45, 7) is 2.26. The molecule has 0 aliphatic carbocycles. The molecular formula is C18H29Cl2N. The van der Waals surface area contributed by atoms with Gasteiger partial charge in [-0.2, -0.15) is 0 Å². The van der Waals surface area contributed by atoms with E-state index in [0.29, 0.717) is 10.0 Å². The average Bonchev–Trinajstić information content (AvgIpc) is 2.46. The van der Waals surface area contributed by atoms with Crippen LogP contribution in [0, 0.1) is 0 Å². The highest BCUT2D eigenvalue weighted by molar-refractivity contribution is 6.42. The van der Waals surface area contributed by atoms with E-state index >= 15 is 0 Å². The molecule has 1 nitrogen and oxygen atoms in total. The Hall–Kier alpha value is -0.240. The first kappa shape index (κ1) is 18.8. The lowest BCUT2D eigenvalue weighted by Gasteiger charge is -2.12. The van der Waals surface area contributed by atoms with Crippen molar-refractivity contribution in [1.82, 2.24) is 0 Å². The van der Waals surface area contributed by atoms with E-state index in [9.17, 15) is 0 Å². The van der Waals surface area contributed by atoms with Crippen molar-refractivity contribution in [3.8, 4) is 0 Å². The topological polar surface area (TPSA) is 26.0 Å². The fourth-order valence-electron chi connectivity index (χ4n) is 2.61. The van der Waals surface area contributed by atoms with Gasteiger partial charge in [-0.15, -0.1) is 0 Å². The second-order valence-corrected chi connectivity index (χ2v) is 6.79. The van der Waals surface area contributed by atoms with E-state index in [2.05, 4.69) is 6.92 Å². The van der Waals surface area contributed by atoms with E-state index in [1.165, 1.54) is 56.9 Å². The van der Waals surface area contributed by atoms with Crippen molar-refractivity contribution in [1.29, 1.82) is 0 Å². The standard InChI is InChI=1S/C18H29Cl2N/c1-2-3-4-5-6-7-8-9-10-16(21)13-15-11-12-17(19)18(20)14-15/h11-12,14,16H,2-10,13,21H2,1H3. The van der Waals surface area contributed by atoms with Crippen LogP contribution in [0.3, 0.4) is 0 Å². The number of hydrogen-bond acceptors (Lipinski definition) is 1. The summed E-state index contributed by atoms with van der Waals surface area (Å²) >= 11 is 11.9. The predicted molar refractivity (Wildman–Crippen MR) is 95.4 cm³/mol. The van der Waals surface area contributed by atoms with E-state index in [1.807, 2.05) is 18.2 Å². The molecule has 1 rings (SSSR count). The van der Waals surface area contributed by atoms with Gasteiger partial charge in [-0.05, 0) is 30.5 Å². The van der Waals surface area contributed by atoms with Gasteiger partial charge in [0.25, 0.3) is 0 Å². The zero-order chi connectivity index (χ0) is 15.5. The molecule has 1 unspecified atom stereocenters. The van der Waals surface area contributed by atoms with Crippen LogP contribution in [0.15, 0.2) is 18.2 Å². The third kappa shape index (κ3) is 8.70. The monoisotopic (exact) mass is 329 g/mol. The van der Waals surface area contributed by atoms with Gasteiger partial charge in [-0.3, -0.25) is 0 Å². The summed E-state index contributed by atoms with van der Waals surface area (Å²) in [7, 11) is 0. The van der Waals surface area contributed by atoms with Crippen LogP contribution >= 0.6 is 23.2 Å². The highest BCUT2D eigenvalue weighted by atomic mass is 35.5. The van der Waals surface area contributed by atoms with Crippen LogP contribution in [-0.2, 0) is 6.42 Å². The smallest absolute Gasteiger partial charge is 0.0595 e. The fourth-order valence-corrected chi connectivity index (χ4v) is 2.93. The molecular weight excluding hydrogens is 301 g/mol. The van der Waals surface area contributed by atoms with Gasteiger partial charge in [0.2, 0.25) is 0 Å². The zero-order valence-corrected chi connectivity index (χ0v) is 14.7. The largest absolute Gasteiger partial charge is 0.327 e. The Morgan fingerprint density at radius 3 is 2.14 bits per heavy atom. The Morgan fingerprint density at radius 2 is 1.52 bits per heavy atom. The minimum Gasteiger partial charge on any atom is -0.327 e. The number of hydrogen-bond donors (Lipinski definition) is 1. The number of unbranched alkanes of at least 4 members (excludes halogenated alkanes) is 7. The van der Waals surface area contributed by atoms with Gasteiger partial charge in [0, 0.05) is 6.04 Å². The fraction of sp³-hybridized carbons (Fsp3) is 0.667. The van der Waals surface area contributed by atoms with Crippen LogP contribution in [0.2, 0.25) is 10.0 Å². The van der Waals surface area contributed by atoms with E-state index in [1.54, 1.807) is 0 Å². The third-order valence-corrected chi connectivity index (χ3v) is 4.65. The molecule has 120 valence electrons. The zero-order valence-electron chi connectivity index (χ0n) is 13.2. The van der Waals surface area contributed by atoms with Crippen LogP contribution in [0.1, 0.15) is 70.3 Å². The second kappa shape index (κ2) is 11.3. The van der Waals surface area contributed by atoms with E-state index in [0.717, 1.165) is 12.8 Å². The first-order chi connectivity index (χ1) is 10.1. The summed E-state index contributed by atoms with van der Waals surface area (Å²) in [5.41, 5.74) is 7.38. The van der Waals surface area contributed by atoms with Crippen LogP contribution in [0.4, 0.5) is 0 Å². The van der Waals surface area contributed by atoms with Gasteiger partial charge in [0.15, 0.2) is 0 Å². The van der Waals surface area contributed by atoms with Gasteiger partial charge in [0.1, 0.15) is 0 Å². The maximum Gasteiger partial charge on any atom is 0.0595 e. The second-order valence-electron chi connectivity index (χ2n) is 5.98. The summed E-state index contributed by atoms with van der Waals surface area (Å²) in [6.07, 6.45) is 12.7. The van der Waals surface area contributed by atoms with Crippen molar-refractivity contribution in [3.63, 3.8) is 0 Å². The molecule has 0 aliphatic rings. The Kier molecular flexibility index (Phi) is 10.2. The SMILES string of the molecule is CCCCCCCCCCC(N)Cc1ccc(Cl)c(Cl)c1. The Morgan fingerprint density at radius 1 is 0.905 bits per heavy atom. The number of halogens is 2. The lowest BCUT2D eigenvalue weighted by molar-refractivity contribution is 0.525. The molecule has 0 spiro atoms. The molecule has 0 saturated carbocycles. The molecule has 1 atom stereocenters. The summed E-state index contributed by atoms with van der Waals surface area (Å²) in [5, 5.41) is 1.23. The van der Waals surface area contributed by atoms with Gasteiger partial charge < -0.3 is 5.73 Å². The lowest BCUT2D eigenvalue weighted by atomic mass is 10.00. The van der Waals surface area contributed by atoms with Crippen molar-refractivity contribution in [2.45, 2.75) is 77.2 Å². The minimum atomic E-state index is 0.224. The van der Waals surface area contributed by atoms with Crippen LogP contribution in [0.25, 0.3) is 0 Å². The number of rotatable bonds is 11. The van der Waals surface area contributed by atoms with Crippen LogP contribution < -0.4 is 5.73 Å². The summed E-state index contributed by atoms with van der Waals surface area (Å²) in [5.74, 6) is 0. The molecule has 0 fully saturated rings. The van der Waals surface area contributed by atoms with Crippen LogP contribution in [0.5, 0.6) is 0 Å². The molecule has 21 heavy (non-hydrogen) atoms. The molecule has 0 saturated heterocycles. The molecule has 0 bridgehead atoms. The highest BCUT2D eigenvalue weighted by Crippen LogP contribution is 2.23. The minimum absolute atomic E-state index is 0.224. The molecule has 0 amide bonds. The predicted octanol–water partition coefficient (Wildman–Crippen LogP) is 6.39. The quantitative estimate of drug-likeness (QED) is 0.467. The van der Waals surface area contributed by atoms with Gasteiger partial charge in [0.05, 0.1) is 10.0 Å². The maximum absolute atomic E-state index is 6.20. The van der Waals surface area contributed by atoms with Crippen molar-refractivity contribution in [2.24, 2.45) is 5.73 Å². The molecule has 0 aromatic heterocycles. The van der Waals surface area contributed by atoms with E-state index in [4.69, 9.17) is 28.9 Å². The molecule has 0 radical (unpaired) electrons. The number of nitrogens with two attached hydrogens (primary N) is 1. The van der Waals surface area contributed by atoms with E-state index in [-0.39, 0.29) is 6.04 Å². The normalized spacial score (nSPS) is 12.6. The summed E-state index contributed by atoms with van der Waals surface area (Å²) < 4.78 is 0. The molecule has 2 N–H and O–H groups in total. The van der Waals surface area contributed by atoms with Gasteiger partial charge in [-0.1, -0.05) is 87.6 Å². The first-order valence-electron chi connectivity index (χ1n) is 8.33. The summed E-state index contributed by atoms with van der Waals surface area (Å²) in [4.78, 5) is 0. The summed E-state index contributed by atoms with van der Waals surface area (Å²) in [6, 6.07) is 6.02. The van der Waals surface area contributed by atoms with Crippen LogP contribution in [-0.4, -0.2) is 6.04 Å². The Bertz CT molecular complexity index is 393. The van der Waals surface area contributed by atoms with E-state index < -0.39 is 0 Å². The van der Waals surface area contributed by atoms with Crippen molar-refractivity contribution in [3.05, 3.63) is 33.8 Å². The third-order valence-electron chi connectivity index (χ3n) is 3.91. The van der Waals surface area contributed by atoms with Gasteiger partial charge >= 0.3 is 0 Å². The molecule has 3 heteroatoms. The highest BCUT2D eigenvalue weighted by Gasteiger charge is 2.06. The van der Waals surface area contributed by atoms with Crippen molar-refractivity contribution in [2.75, 3.05) is 0 Å². The average molecular weight is 330 g/mol. The molecule has 1 aromatic carbocycles. The van der Waals surface area contributed by atoms with Crippen molar-refractivity contribution >= 4 is 23.2 Å². The maximum atomic E-state index is 6.20. The first-order valence-corrected chi connectivity index (χ1v) is 9.08. The Labute approximate surface area is 140 Å². The number of benzene rings is 1. The van der Waals surface area contributed by atoms with Crippen molar-refractivity contribution < 1.29 is 0 Å². The van der Waals surface area contributed by atoms with Gasteiger partial charge in [-0.25, -0.2) is 0 Å². The lowest BCUT2D eigenvalue weighted by Crippen LogP contribution is -2.22. The molecule has 1 aromatic rings. The Balaban J connectivity index is 2.08. The molecule has 0 aliphatic heterocycles.